The number of nitrogens with zero attached hydrogens (tertiary/aromatic N) is 2. The molecule has 116 valence electrons. The quantitative estimate of drug-likeness (QED) is 0.826. The second-order valence-corrected chi connectivity index (χ2v) is 6.02. The van der Waals surface area contributed by atoms with Crippen molar-refractivity contribution in [2.75, 3.05) is 44.3 Å². The molecule has 1 atom stereocenters. The summed E-state index contributed by atoms with van der Waals surface area (Å²) in [5.74, 6) is 0.0508. The number of hydrogen-bond acceptors (Lipinski definition) is 4. The minimum Gasteiger partial charge on any atom is -0.399 e. The molecule has 0 radical (unpaired) electrons. The van der Waals surface area contributed by atoms with Gasteiger partial charge in [-0.1, -0.05) is 6.07 Å². The van der Waals surface area contributed by atoms with Gasteiger partial charge in [-0.05, 0) is 38.6 Å². The molecule has 0 aromatic heterocycles. The van der Waals surface area contributed by atoms with Gasteiger partial charge in [-0.25, -0.2) is 0 Å². The highest BCUT2D eigenvalue weighted by Crippen LogP contribution is 2.18. The van der Waals surface area contributed by atoms with Crippen molar-refractivity contribution in [3.63, 3.8) is 0 Å². The van der Waals surface area contributed by atoms with Crippen LogP contribution in [0.15, 0.2) is 18.2 Å². The number of benzene rings is 1. The number of anilines is 2. The van der Waals surface area contributed by atoms with Crippen molar-refractivity contribution in [3.05, 3.63) is 23.8 Å². The van der Waals surface area contributed by atoms with Crippen LogP contribution in [0.5, 0.6) is 0 Å². The van der Waals surface area contributed by atoms with Crippen molar-refractivity contribution < 1.29 is 4.79 Å². The topological polar surface area (TPSA) is 61.6 Å². The summed E-state index contributed by atoms with van der Waals surface area (Å²) in [7, 11) is 2.14. The number of hydrogen-bond donors (Lipinski definition) is 2. The van der Waals surface area contributed by atoms with E-state index < -0.39 is 0 Å². The number of nitrogen functional groups attached to an aromatic ring is 1. The van der Waals surface area contributed by atoms with Crippen molar-refractivity contribution in [3.8, 4) is 0 Å². The minimum atomic E-state index is 0.0508. The molecule has 0 bridgehead atoms. The molecule has 0 spiro atoms. The van der Waals surface area contributed by atoms with Crippen molar-refractivity contribution >= 4 is 17.3 Å². The maximum Gasteiger partial charge on any atom is 0.225 e. The molecule has 5 heteroatoms. The lowest BCUT2D eigenvalue weighted by molar-refractivity contribution is -0.116. The summed E-state index contributed by atoms with van der Waals surface area (Å²) in [6.45, 7) is 8.16. The van der Waals surface area contributed by atoms with E-state index in [0.717, 1.165) is 37.4 Å². The first-order chi connectivity index (χ1) is 9.95. The SMILES string of the molecule is Cc1ccc(N)cc1NC(=O)CCN1CCN(C)CC1C. The Bertz CT molecular complexity index is 503. The van der Waals surface area contributed by atoms with E-state index in [1.54, 1.807) is 0 Å². The predicted molar refractivity (Wildman–Crippen MR) is 87.4 cm³/mol. The molecule has 1 saturated heterocycles. The van der Waals surface area contributed by atoms with E-state index in [0.29, 0.717) is 18.2 Å². The molecule has 5 nitrogen and oxygen atoms in total. The van der Waals surface area contributed by atoms with Crippen LogP contribution in [-0.4, -0.2) is 55.0 Å². The molecule has 0 saturated carbocycles. The Morgan fingerprint density at radius 1 is 1.43 bits per heavy atom. The van der Waals surface area contributed by atoms with Gasteiger partial charge in [0.05, 0.1) is 0 Å². The molecule has 3 N–H and O–H groups in total. The first-order valence-corrected chi connectivity index (χ1v) is 7.54. The van der Waals surface area contributed by atoms with Crippen LogP contribution in [0, 0.1) is 6.92 Å². The Hall–Kier alpha value is -1.59. The van der Waals surface area contributed by atoms with Gasteiger partial charge < -0.3 is 16.0 Å². The Morgan fingerprint density at radius 3 is 2.90 bits per heavy atom. The smallest absolute Gasteiger partial charge is 0.225 e. The van der Waals surface area contributed by atoms with Crippen LogP contribution in [0.3, 0.4) is 0 Å². The van der Waals surface area contributed by atoms with Crippen LogP contribution < -0.4 is 11.1 Å². The van der Waals surface area contributed by atoms with Crippen LogP contribution in [-0.2, 0) is 4.79 Å². The van der Waals surface area contributed by atoms with E-state index >= 15 is 0 Å². The molecule has 1 unspecified atom stereocenters. The molecule has 1 fully saturated rings. The number of piperazine rings is 1. The maximum absolute atomic E-state index is 12.1. The highest BCUT2D eigenvalue weighted by atomic mass is 16.1. The van der Waals surface area contributed by atoms with Crippen molar-refractivity contribution in [1.82, 2.24) is 9.80 Å². The number of rotatable bonds is 4. The van der Waals surface area contributed by atoms with E-state index in [-0.39, 0.29) is 5.91 Å². The van der Waals surface area contributed by atoms with Crippen LogP contribution in [0.25, 0.3) is 0 Å². The number of carbonyl (C=O) groups is 1. The second-order valence-electron chi connectivity index (χ2n) is 6.02. The van der Waals surface area contributed by atoms with Gasteiger partial charge in [0.15, 0.2) is 0 Å². The number of nitrogens with two attached hydrogens (primary N) is 1. The summed E-state index contributed by atoms with van der Waals surface area (Å²) in [5, 5.41) is 2.96. The Kier molecular flexibility index (Phi) is 5.20. The van der Waals surface area contributed by atoms with E-state index in [1.165, 1.54) is 0 Å². The lowest BCUT2D eigenvalue weighted by atomic mass is 10.1. The van der Waals surface area contributed by atoms with Gasteiger partial charge in [0.1, 0.15) is 0 Å². The van der Waals surface area contributed by atoms with Gasteiger partial charge in [0, 0.05) is 50.0 Å². The number of likely N-dealkylation sites (N-methyl/N-ethyl adjacent to an activating group) is 1. The lowest BCUT2D eigenvalue weighted by Gasteiger charge is -2.38. The van der Waals surface area contributed by atoms with Gasteiger partial charge in [-0.3, -0.25) is 9.69 Å². The normalized spacial score (nSPS) is 20.4. The molecule has 2 rings (SSSR count). The largest absolute Gasteiger partial charge is 0.399 e. The zero-order valence-corrected chi connectivity index (χ0v) is 13.2. The third-order valence-corrected chi connectivity index (χ3v) is 4.13. The molecule has 1 amide bonds. The summed E-state index contributed by atoms with van der Waals surface area (Å²) in [6, 6.07) is 6.08. The molecule has 0 aliphatic carbocycles. The first kappa shape index (κ1) is 15.8. The average molecular weight is 290 g/mol. The first-order valence-electron chi connectivity index (χ1n) is 7.54. The Morgan fingerprint density at radius 2 is 2.19 bits per heavy atom. The van der Waals surface area contributed by atoms with Gasteiger partial charge in [-0.2, -0.15) is 0 Å². The average Bonchev–Trinajstić information content (AvgIpc) is 2.42. The number of aryl methyl sites for hydroxylation is 1. The standard InChI is InChI=1S/C16H26N4O/c1-12-4-5-14(17)10-15(12)18-16(21)6-7-20-9-8-19(3)11-13(20)2/h4-5,10,13H,6-9,11,17H2,1-3H3,(H,18,21). The summed E-state index contributed by atoms with van der Waals surface area (Å²) in [5.41, 5.74) is 8.28. The zero-order valence-electron chi connectivity index (χ0n) is 13.2. The van der Waals surface area contributed by atoms with Crippen LogP contribution in [0.1, 0.15) is 18.9 Å². The molecule has 1 aliphatic rings. The maximum atomic E-state index is 12.1. The Balaban J connectivity index is 1.83. The summed E-state index contributed by atoms with van der Waals surface area (Å²) in [6.07, 6.45) is 0.516. The third-order valence-electron chi connectivity index (χ3n) is 4.13. The third kappa shape index (κ3) is 4.44. The monoisotopic (exact) mass is 290 g/mol. The fourth-order valence-corrected chi connectivity index (χ4v) is 2.74. The number of amides is 1. The molecule has 1 aromatic rings. The van der Waals surface area contributed by atoms with Gasteiger partial charge in [-0.15, -0.1) is 0 Å². The van der Waals surface area contributed by atoms with Crippen LogP contribution in [0.2, 0.25) is 0 Å². The predicted octanol–water partition coefficient (Wildman–Crippen LogP) is 1.54. The second kappa shape index (κ2) is 6.91. The van der Waals surface area contributed by atoms with Crippen molar-refractivity contribution in [2.24, 2.45) is 0 Å². The number of carbonyl (C=O) groups excluding carboxylic acids is 1. The zero-order chi connectivity index (χ0) is 15.4. The molecule has 1 aromatic carbocycles. The number of nitrogens with one attached hydrogen (secondary N) is 1. The van der Waals surface area contributed by atoms with E-state index in [1.807, 2.05) is 25.1 Å². The molecule has 21 heavy (non-hydrogen) atoms. The molecular formula is C16H26N4O. The van der Waals surface area contributed by atoms with Gasteiger partial charge in [0.25, 0.3) is 0 Å². The molecular weight excluding hydrogens is 264 g/mol. The van der Waals surface area contributed by atoms with E-state index in [2.05, 4.69) is 29.1 Å². The molecule has 1 aliphatic heterocycles. The van der Waals surface area contributed by atoms with Gasteiger partial charge >= 0.3 is 0 Å². The summed E-state index contributed by atoms with van der Waals surface area (Å²) >= 11 is 0. The van der Waals surface area contributed by atoms with Crippen molar-refractivity contribution in [2.45, 2.75) is 26.3 Å². The van der Waals surface area contributed by atoms with E-state index in [9.17, 15) is 4.79 Å². The highest BCUT2D eigenvalue weighted by Gasteiger charge is 2.21. The van der Waals surface area contributed by atoms with Crippen molar-refractivity contribution in [1.29, 1.82) is 0 Å². The van der Waals surface area contributed by atoms with Crippen LogP contribution in [0.4, 0.5) is 11.4 Å². The fraction of sp³-hybridized carbons (Fsp3) is 0.562. The van der Waals surface area contributed by atoms with Gasteiger partial charge in [0.2, 0.25) is 5.91 Å². The summed E-state index contributed by atoms with van der Waals surface area (Å²) < 4.78 is 0. The molecule has 1 heterocycles. The highest BCUT2D eigenvalue weighted by molar-refractivity contribution is 5.92. The lowest BCUT2D eigenvalue weighted by Crippen LogP contribution is -2.50. The summed E-state index contributed by atoms with van der Waals surface area (Å²) in [4.78, 5) is 16.8. The fourth-order valence-electron chi connectivity index (χ4n) is 2.74. The van der Waals surface area contributed by atoms with Crippen LogP contribution >= 0.6 is 0 Å². The van der Waals surface area contributed by atoms with E-state index in [4.69, 9.17) is 5.73 Å². The Labute approximate surface area is 127 Å². The minimum absolute atomic E-state index is 0.0508.